The molecule has 0 N–H and O–H groups in total. The molecule has 2 aromatic heterocycles. The lowest BCUT2D eigenvalue weighted by Gasteiger charge is -2.26. The van der Waals surface area contributed by atoms with Crippen molar-refractivity contribution in [2.24, 2.45) is 7.05 Å². The molecule has 9 nitrogen and oxygen atoms in total. The highest BCUT2D eigenvalue weighted by Crippen LogP contribution is 2.30. The van der Waals surface area contributed by atoms with E-state index in [1.54, 1.807) is 18.7 Å². The van der Waals surface area contributed by atoms with Crippen molar-refractivity contribution in [2.45, 2.75) is 44.1 Å². The lowest BCUT2D eigenvalue weighted by Crippen LogP contribution is -2.38. The number of halogens is 1. The van der Waals surface area contributed by atoms with Gasteiger partial charge < -0.3 is 14.2 Å². The van der Waals surface area contributed by atoms with Gasteiger partial charge in [0.05, 0.1) is 18.8 Å². The van der Waals surface area contributed by atoms with Gasteiger partial charge in [-0.15, -0.1) is 0 Å². The molecule has 4 atom stereocenters. The first-order valence-corrected chi connectivity index (χ1v) is 9.90. The summed E-state index contributed by atoms with van der Waals surface area (Å²) in [6.07, 6.45) is 1.66. The van der Waals surface area contributed by atoms with E-state index in [1.807, 2.05) is 6.92 Å². The third kappa shape index (κ3) is 3.30. The van der Waals surface area contributed by atoms with Gasteiger partial charge in [-0.25, -0.2) is 4.79 Å². The van der Waals surface area contributed by atoms with Crippen molar-refractivity contribution in [3.8, 4) is 5.88 Å². The van der Waals surface area contributed by atoms with E-state index in [2.05, 4.69) is 21.9 Å². The summed E-state index contributed by atoms with van der Waals surface area (Å²) in [6, 6.07) is 0.118. The highest BCUT2D eigenvalue weighted by Gasteiger charge is 2.35. The Morgan fingerprint density at radius 1 is 1.32 bits per heavy atom. The molecule has 4 heterocycles. The largest absolute Gasteiger partial charge is 0.471 e. The number of nitrogens with zero attached hydrogens (tertiary/aromatic N) is 5. The monoisotopic (exact) mass is 411 g/mol. The van der Waals surface area contributed by atoms with Crippen LogP contribution in [0.1, 0.15) is 25.8 Å². The molecule has 2 saturated heterocycles. The average Bonchev–Trinajstić information content (AvgIpc) is 3.35. The van der Waals surface area contributed by atoms with E-state index in [9.17, 15) is 4.79 Å². The highest BCUT2D eigenvalue weighted by molar-refractivity contribution is 6.28. The molecule has 10 heteroatoms. The van der Waals surface area contributed by atoms with Crippen molar-refractivity contribution in [3.05, 3.63) is 15.8 Å². The predicted octanol–water partition coefficient (Wildman–Crippen LogP) is 1.23. The van der Waals surface area contributed by atoms with Gasteiger partial charge in [0.2, 0.25) is 11.2 Å². The van der Waals surface area contributed by atoms with Crippen LogP contribution in [0, 0.1) is 0 Å². The summed E-state index contributed by atoms with van der Waals surface area (Å²) in [6.45, 7) is 3.96. The molecule has 0 amide bonds. The molecular formula is C18H26ClN5O4. The van der Waals surface area contributed by atoms with Crippen LogP contribution in [-0.4, -0.2) is 76.2 Å². The Balaban J connectivity index is 1.71. The summed E-state index contributed by atoms with van der Waals surface area (Å²) in [5.41, 5.74) is 0.869. The topological polar surface area (TPSA) is 83.6 Å². The molecule has 2 aliphatic heterocycles. The average molecular weight is 412 g/mol. The second kappa shape index (κ2) is 7.62. The summed E-state index contributed by atoms with van der Waals surface area (Å²) in [4.78, 5) is 23.7. The number of methoxy groups -OCH3 is 1. The van der Waals surface area contributed by atoms with Gasteiger partial charge in [0.1, 0.15) is 6.10 Å². The Morgan fingerprint density at radius 2 is 2.11 bits per heavy atom. The Labute approximate surface area is 168 Å². The minimum atomic E-state index is -0.169. The van der Waals surface area contributed by atoms with Crippen molar-refractivity contribution in [3.63, 3.8) is 0 Å². The smallest absolute Gasteiger partial charge is 0.330 e. The third-order valence-corrected chi connectivity index (χ3v) is 6.04. The zero-order chi connectivity index (χ0) is 20.0. The van der Waals surface area contributed by atoms with Gasteiger partial charge in [-0.3, -0.25) is 14.0 Å². The van der Waals surface area contributed by atoms with E-state index >= 15 is 0 Å². The maximum atomic E-state index is 12.9. The quantitative estimate of drug-likeness (QED) is 0.684. The molecule has 0 radical (unpaired) electrons. The summed E-state index contributed by atoms with van der Waals surface area (Å²) in [5.74, 6) is 0.328. The number of fused-ring (bicyclic) bond motifs is 1. The molecule has 0 saturated carbocycles. The number of likely N-dealkylation sites (tertiary alicyclic amines) is 1. The van der Waals surface area contributed by atoms with Crippen LogP contribution in [0.2, 0.25) is 5.28 Å². The first-order chi connectivity index (χ1) is 13.4. The number of rotatable bonds is 5. The van der Waals surface area contributed by atoms with Crippen LogP contribution in [0.25, 0.3) is 11.2 Å². The van der Waals surface area contributed by atoms with Crippen LogP contribution in [-0.2, 0) is 16.5 Å². The van der Waals surface area contributed by atoms with Gasteiger partial charge in [-0.1, -0.05) is 0 Å². The minimum Gasteiger partial charge on any atom is -0.471 e. The molecule has 0 aromatic carbocycles. The van der Waals surface area contributed by atoms with Gasteiger partial charge in [-0.2, -0.15) is 9.97 Å². The van der Waals surface area contributed by atoms with Crippen LogP contribution in [0.3, 0.4) is 0 Å². The molecule has 2 aromatic rings. The molecule has 28 heavy (non-hydrogen) atoms. The molecule has 4 rings (SSSR count). The predicted molar refractivity (Wildman–Crippen MR) is 104 cm³/mol. The number of aromatic nitrogens is 4. The van der Waals surface area contributed by atoms with E-state index in [0.29, 0.717) is 30.3 Å². The van der Waals surface area contributed by atoms with Crippen LogP contribution in [0.4, 0.5) is 0 Å². The fourth-order valence-corrected chi connectivity index (χ4v) is 4.46. The maximum Gasteiger partial charge on any atom is 0.330 e. The Hall–Kier alpha value is -1.68. The molecule has 2 fully saturated rings. The summed E-state index contributed by atoms with van der Waals surface area (Å²) in [5, 5.41) is 0.0579. The summed E-state index contributed by atoms with van der Waals surface area (Å²) < 4.78 is 20.4. The normalized spacial score (nSPS) is 27.0. The first-order valence-electron chi connectivity index (χ1n) is 9.52. The molecule has 2 aliphatic rings. The van der Waals surface area contributed by atoms with Gasteiger partial charge in [-0.05, 0) is 38.4 Å². The van der Waals surface area contributed by atoms with Crippen LogP contribution >= 0.6 is 11.6 Å². The number of aryl methyl sites for hydroxylation is 1. The van der Waals surface area contributed by atoms with Crippen molar-refractivity contribution in [1.29, 1.82) is 0 Å². The van der Waals surface area contributed by atoms with Crippen LogP contribution < -0.4 is 10.4 Å². The molecular weight excluding hydrogens is 386 g/mol. The lowest BCUT2D eigenvalue weighted by atomic mass is 10.1. The van der Waals surface area contributed by atoms with Gasteiger partial charge in [0, 0.05) is 33.4 Å². The Kier molecular flexibility index (Phi) is 5.34. The van der Waals surface area contributed by atoms with Gasteiger partial charge in [0.25, 0.3) is 0 Å². The number of hydrogen-bond donors (Lipinski definition) is 0. The lowest BCUT2D eigenvalue weighted by molar-refractivity contribution is 0.108. The second-order valence-electron chi connectivity index (χ2n) is 7.62. The fourth-order valence-electron chi connectivity index (χ4n) is 4.30. The molecule has 0 bridgehead atoms. The molecule has 0 aliphatic carbocycles. The van der Waals surface area contributed by atoms with E-state index in [1.165, 1.54) is 4.57 Å². The number of likely N-dealkylation sites (N-methyl/N-ethyl adjacent to an activating group) is 1. The maximum absolute atomic E-state index is 12.9. The SMILES string of the molecule is CO[C@@H]1C[C@@H]([C@H](C)Oc2nc(Cl)nc3c2n(C)c(=O)n3[C@@H]2CCOC2)N(C)C1. The highest BCUT2D eigenvalue weighted by atomic mass is 35.5. The van der Waals surface area contributed by atoms with Crippen LogP contribution in [0.5, 0.6) is 5.88 Å². The zero-order valence-electron chi connectivity index (χ0n) is 16.6. The zero-order valence-corrected chi connectivity index (χ0v) is 17.3. The van der Waals surface area contributed by atoms with E-state index < -0.39 is 0 Å². The van der Waals surface area contributed by atoms with E-state index in [4.69, 9.17) is 25.8 Å². The standard InChI is InChI=1S/C18H26ClN5O4/c1-10(13-7-12(26-4)8-22(13)2)28-16-14-15(20-17(19)21-16)24(18(25)23(14)3)11-5-6-27-9-11/h10-13H,5-9H2,1-4H3/t10-,11+,12+,13-/m0/s1. The number of imidazole rings is 1. The minimum absolute atomic E-state index is 0.0579. The number of ether oxygens (including phenoxy) is 3. The molecule has 0 unspecified atom stereocenters. The summed E-state index contributed by atoms with van der Waals surface area (Å²) >= 11 is 6.19. The number of hydrogen-bond acceptors (Lipinski definition) is 7. The van der Waals surface area contributed by atoms with Crippen molar-refractivity contribution >= 4 is 22.8 Å². The molecule has 0 spiro atoms. The molecule has 154 valence electrons. The van der Waals surface area contributed by atoms with E-state index in [-0.39, 0.29) is 35.3 Å². The fraction of sp³-hybridized carbons (Fsp3) is 0.722. The first kappa shape index (κ1) is 19.6. The second-order valence-corrected chi connectivity index (χ2v) is 7.96. The van der Waals surface area contributed by atoms with Crippen molar-refractivity contribution in [2.75, 3.05) is 33.9 Å². The van der Waals surface area contributed by atoms with Crippen LogP contribution in [0.15, 0.2) is 4.79 Å². The van der Waals surface area contributed by atoms with Crippen molar-refractivity contribution in [1.82, 2.24) is 24.0 Å². The van der Waals surface area contributed by atoms with E-state index in [0.717, 1.165) is 19.4 Å². The van der Waals surface area contributed by atoms with Gasteiger partial charge >= 0.3 is 5.69 Å². The Morgan fingerprint density at radius 3 is 2.75 bits per heavy atom. The summed E-state index contributed by atoms with van der Waals surface area (Å²) in [7, 11) is 5.48. The van der Waals surface area contributed by atoms with Gasteiger partial charge in [0.15, 0.2) is 11.2 Å². The van der Waals surface area contributed by atoms with Crippen molar-refractivity contribution < 1.29 is 14.2 Å². The Bertz CT molecular complexity index is 923. The third-order valence-electron chi connectivity index (χ3n) is 5.87.